The molecule has 0 aliphatic carbocycles. The van der Waals surface area contributed by atoms with Crippen LogP contribution >= 0.6 is 11.8 Å². The number of nitrogens with one attached hydrogen (secondary N) is 3. The number of carbonyl (C=O) groups is 1. The van der Waals surface area contributed by atoms with E-state index in [0.717, 1.165) is 38.4 Å². The molecular formula is C19H31N5OS. The summed E-state index contributed by atoms with van der Waals surface area (Å²) in [4.78, 5) is 19.3. The van der Waals surface area contributed by atoms with Gasteiger partial charge in [0.1, 0.15) is 0 Å². The molecule has 144 valence electrons. The summed E-state index contributed by atoms with van der Waals surface area (Å²) in [6.07, 6.45) is 2.04. The van der Waals surface area contributed by atoms with Gasteiger partial charge >= 0.3 is 0 Å². The molecule has 0 saturated carbocycles. The Kier molecular flexibility index (Phi) is 8.77. The van der Waals surface area contributed by atoms with Crippen molar-refractivity contribution in [3.05, 3.63) is 30.3 Å². The number of hydrogen-bond donors (Lipinski definition) is 3. The molecular weight excluding hydrogens is 346 g/mol. The second kappa shape index (κ2) is 11.1. The fraction of sp³-hybridized carbons (Fsp3) is 0.579. The monoisotopic (exact) mass is 377 g/mol. The molecule has 0 aromatic heterocycles. The Balaban J connectivity index is 1.69. The fourth-order valence-electron chi connectivity index (χ4n) is 2.92. The quantitative estimate of drug-likeness (QED) is 0.382. The molecule has 1 aromatic rings. The van der Waals surface area contributed by atoms with Crippen molar-refractivity contribution in [1.82, 2.24) is 20.9 Å². The largest absolute Gasteiger partial charge is 0.358 e. The van der Waals surface area contributed by atoms with Gasteiger partial charge in [-0.05, 0) is 25.0 Å². The first-order valence-electron chi connectivity index (χ1n) is 9.22. The van der Waals surface area contributed by atoms with Crippen LogP contribution in [-0.2, 0) is 4.79 Å². The van der Waals surface area contributed by atoms with E-state index in [9.17, 15) is 4.79 Å². The fourth-order valence-corrected chi connectivity index (χ4v) is 3.86. The molecule has 0 spiro atoms. The lowest BCUT2D eigenvalue weighted by atomic mass is 10.1. The van der Waals surface area contributed by atoms with Crippen LogP contribution < -0.4 is 16.0 Å². The van der Waals surface area contributed by atoms with Crippen LogP contribution in [0, 0.1) is 0 Å². The van der Waals surface area contributed by atoms with Gasteiger partial charge in [0.2, 0.25) is 5.91 Å². The Morgan fingerprint density at radius 3 is 2.62 bits per heavy atom. The van der Waals surface area contributed by atoms with Gasteiger partial charge in [0, 0.05) is 49.9 Å². The van der Waals surface area contributed by atoms with Crippen LogP contribution in [-0.4, -0.2) is 68.3 Å². The third-order valence-corrected chi connectivity index (χ3v) is 5.55. The number of rotatable bonds is 7. The number of likely N-dealkylation sites (N-methyl/N-ethyl adjacent to an activating group) is 1. The maximum absolute atomic E-state index is 11.5. The normalized spacial score (nSPS) is 17.6. The smallest absolute Gasteiger partial charge is 0.233 e. The third kappa shape index (κ3) is 7.25. The van der Waals surface area contributed by atoms with Crippen molar-refractivity contribution >= 4 is 23.6 Å². The summed E-state index contributed by atoms with van der Waals surface area (Å²) in [7, 11) is 3.49. The number of hydrogen-bond acceptors (Lipinski definition) is 4. The van der Waals surface area contributed by atoms with Gasteiger partial charge in [-0.25, -0.2) is 0 Å². The molecule has 7 heteroatoms. The van der Waals surface area contributed by atoms with E-state index in [-0.39, 0.29) is 5.91 Å². The van der Waals surface area contributed by atoms with Gasteiger partial charge in [0.15, 0.2) is 5.96 Å². The van der Waals surface area contributed by atoms with Crippen molar-refractivity contribution < 1.29 is 4.79 Å². The second-order valence-corrected chi connectivity index (χ2v) is 8.07. The van der Waals surface area contributed by atoms with Crippen LogP contribution in [0.5, 0.6) is 0 Å². The van der Waals surface area contributed by atoms with Crippen molar-refractivity contribution in [3.63, 3.8) is 0 Å². The van der Waals surface area contributed by atoms with Crippen LogP contribution in [0.1, 0.15) is 19.8 Å². The van der Waals surface area contributed by atoms with Crippen LogP contribution in [0.25, 0.3) is 0 Å². The number of likely N-dealkylation sites (tertiary alicyclic amines) is 1. The Hall–Kier alpha value is -1.73. The summed E-state index contributed by atoms with van der Waals surface area (Å²) in [6, 6.07) is 10.9. The molecule has 1 unspecified atom stereocenters. The number of thioether (sulfide) groups is 1. The predicted molar refractivity (Wildman–Crippen MR) is 110 cm³/mol. The highest BCUT2D eigenvalue weighted by Crippen LogP contribution is 2.21. The summed E-state index contributed by atoms with van der Waals surface area (Å²) in [5.41, 5.74) is 0. The lowest BCUT2D eigenvalue weighted by Gasteiger charge is -2.32. The van der Waals surface area contributed by atoms with E-state index >= 15 is 0 Å². The van der Waals surface area contributed by atoms with Crippen LogP contribution in [0.2, 0.25) is 0 Å². The number of benzene rings is 1. The average Bonchev–Trinajstić information content (AvgIpc) is 2.67. The highest BCUT2D eigenvalue weighted by Gasteiger charge is 2.21. The molecule has 1 heterocycles. The van der Waals surface area contributed by atoms with Crippen molar-refractivity contribution in [3.8, 4) is 0 Å². The zero-order chi connectivity index (χ0) is 18.8. The molecule has 2 rings (SSSR count). The highest BCUT2D eigenvalue weighted by atomic mass is 32.2. The predicted octanol–water partition coefficient (Wildman–Crippen LogP) is 1.54. The van der Waals surface area contributed by atoms with Crippen molar-refractivity contribution in [2.75, 3.05) is 40.3 Å². The summed E-state index contributed by atoms with van der Waals surface area (Å²) in [5.74, 6) is 0.939. The number of guanidine groups is 1. The summed E-state index contributed by atoms with van der Waals surface area (Å²) in [5, 5.41) is 10.1. The standard InChI is InChI=1S/C19H31N5OS/c1-15(26-17-7-5-4-6-8-17)13-22-19(21-3)23-16-9-11-24(12-10-16)14-18(25)20-2/h4-8,15-16H,9-14H2,1-3H3,(H,20,25)(H2,21,22,23). The SMILES string of the molecule is CN=C(NCC(C)Sc1ccccc1)NC1CCN(CC(=O)NC)CC1. The molecule has 6 nitrogen and oxygen atoms in total. The maximum atomic E-state index is 11.5. The lowest BCUT2D eigenvalue weighted by Crippen LogP contribution is -2.50. The van der Waals surface area contributed by atoms with Gasteiger partial charge in [-0.3, -0.25) is 14.7 Å². The molecule has 0 bridgehead atoms. The molecule has 1 amide bonds. The number of piperidine rings is 1. The second-order valence-electron chi connectivity index (χ2n) is 6.56. The third-order valence-electron chi connectivity index (χ3n) is 4.44. The lowest BCUT2D eigenvalue weighted by molar-refractivity contribution is -0.122. The summed E-state index contributed by atoms with van der Waals surface area (Å²) >= 11 is 1.86. The Morgan fingerprint density at radius 2 is 2.00 bits per heavy atom. The van der Waals surface area contributed by atoms with Crippen LogP contribution in [0.15, 0.2) is 40.2 Å². The molecule has 1 aliphatic rings. The van der Waals surface area contributed by atoms with E-state index in [0.29, 0.717) is 17.8 Å². The van der Waals surface area contributed by atoms with Gasteiger partial charge in [-0.15, -0.1) is 11.8 Å². The molecule has 3 N–H and O–H groups in total. The maximum Gasteiger partial charge on any atom is 0.233 e. The van der Waals surface area contributed by atoms with Crippen molar-refractivity contribution in [2.24, 2.45) is 4.99 Å². The minimum Gasteiger partial charge on any atom is -0.358 e. The van der Waals surface area contributed by atoms with Crippen LogP contribution in [0.3, 0.4) is 0 Å². The summed E-state index contributed by atoms with van der Waals surface area (Å²) < 4.78 is 0. The first-order chi connectivity index (χ1) is 12.6. The topological polar surface area (TPSA) is 68.8 Å². The van der Waals surface area contributed by atoms with E-state index in [1.807, 2.05) is 24.9 Å². The van der Waals surface area contributed by atoms with E-state index in [4.69, 9.17) is 0 Å². The van der Waals surface area contributed by atoms with Gasteiger partial charge in [0.25, 0.3) is 0 Å². The van der Waals surface area contributed by atoms with E-state index < -0.39 is 0 Å². The van der Waals surface area contributed by atoms with Gasteiger partial charge in [0.05, 0.1) is 6.54 Å². The first-order valence-corrected chi connectivity index (χ1v) is 10.1. The van der Waals surface area contributed by atoms with Gasteiger partial charge in [-0.1, -0.05) is 25.1 Å². The molecule has 1 aromatic carbocycles. The van der Waals surface area contributed by atoms with Crippen LogP contribution in [0.4, 0.5) is 0 Å². The molecule has 26 heavy (non-hydrogen) atoms. The number of nitrogens with zero attached hydrogens (tertiary/aromatic N) is 2. The van der Waals surface area contributed by atoms with E-state index in [1.54, 1.807) is 7.05 Å². The highest BCUT2D eigenvalue weighted by molar-refractivity contribution is 8.00. The average molecular weight is 378 g/mol. The molecule has 1 fully saturated rings. The minimum absolute atomic E-state index is 0.0822. The Bertz CT molecular complexity index is 573. The Morgan fingerprint density at radius 1 is 1.31 bits per heavy atom. The number of amides is 1. The van der Waals surface area contributed by atoms with Crippen molar-refractivity contribution in [2.45, 2.75) is 36.0 Å². The van der Waals surface area contributed by atoms with E-state index in [1.165, 1.54) is 4.90 Å². The molecule has 1 aliphatic heterocycles. The molecule has 1 saturated heterocycles. The van der Waals surface area contributed by atoms with Crippen molar-refractivity contribution in [1.29, 1.82) is 0 Å². The number of aliphatic imine (C=N–C) groups is 1. The first kappa shape index (κ1) is 20.6. The van der Waals surface area contributed by atoms with Gasteiger partial charge in [-0.2, -0.15) is 0 Å². The molecule has 0 radical (unpaired) electrons. The minimum atomic E-state index is 0.0822. The summed E-state index contributed by atoms with van der Waals surface area (Å²) in [6.45, 7) is 5.43. The zero-order valence-corrected chi connectivity index (χ0v) is 16.8. The zero-order valence-electron chi connectivity index (χ0n) is 16.0. The van der Waals surface area contributed by atoms with Gasteiger partial charge < -0.3 is 16.0 Å². The molecule has 1 atom stereocenters. The Labute approximate surface area is 161 Å². The number of carbonyl (C=O) groups excluding carboxylic acids is 1. The van der Waals surface area contributed by atoms with E-state index in [2.05, 4.69) is 57.0 Å².